The Hall–Kier alpha value is -0.530. The molecule has 0 N–H and O–H groups in total. The van der Waals surface area contributed by atoms with E-state index in [2.05, 4.69) is 55.4 Å². The second-order valence-electron chi connectivity index (χ2n) is 15.9. The van der Waals surface area contributed by atoms with Crippen LogP contribution in [0.5, 0.6) is 0 Å². The van der Waals surface area contributed by atoms with Crippen LogP contribution >= 0.6 is 0 Å². The molecule has 0 amide bonds. The summed E-state index contributed by atoms with van der Waals surface area (Å²) in [7, 11) is 0. The number of carbonyl (C=O) groups is 1. The molecule has 0 aromatic heterocycles. The summed E-state index contributed by atoms with van der Waals surface area (Å²) in [4.78, 5) is 11.9. The standard InChI is InChI=1S/C32H54O2/c1-21(33)34-28(4,5)22-13-18-29(6)23(22)14-19-31(8)25(29)11-12-26-30(7)17-10-16-27(2,3)24(30)15-20-32(26,31)9/h22-26H,10-20H2,1-9H3/t22-,23-,24+,25+,26+,29-,30-,31+,32+/m0/s1. The zero-order valence-corrected chi connectivity index (χ0v) is 24.0. The Morgan fingerprint density at radius 2 is 1.29 bits per heavy atom. The fraction of sp³-hybridized carbons (Fsp3) is 0.969. The highest BCUT2D eigenvalue weighted by molar-refractivity contribution is 5.66. The summed E-state index contributed by atoms with van der Waals surface area (Å²) >= 11 is 0. The van der Waals surface area contributed by atoms with Gasteiger partial charge in [-0.2, -0.15) is 0 Å². The minimum absolute atomic E-state index is 0.118. The van der Waals surface area contributed by atoms with Crippen LogP contribution in [0.25, 0.3) is 0 Å². The molecule has 0 unspecified atom stereocenters. The van der Waals surface area contributed by atoms with E-state index < -0.39 is 0 Å². The molecule has 0 radical (unpaired) electrons. The molecule has 5 saturated carbocycles. The maximum Gasteiger partial charge on any atom is 0.303 e. The fourth-order valence-corrected chi connectivity index (χ4v) is 12.6. The van der Waals surface area contributed by atoms with E-state index in [0.29, 0.717) is 38.9 Å². The molecular weight excluding hydrogens is 416 g/mol. The summed E-state index contributed by atoms with van der Waals surface area (Å²) < 4.78 is 5.94. The lowest BCUT2D eigenvalue weighted by Gasteiger charge is -2.73. The van der Waals surface area contributed by atoms with Gasteiger partial charge < -0.3 is 4.74 Å². The third-order valence-electron chi connectivity index (χ3n) is 14.0. The van der Waals surface area contributed by atoms with Crippen molar-refractivity contribution in [2.24, 2.45) is 56.7 Å². The molecular formula is C32H54O2. The number of hydrogen-bond acceptors (Lipinski definition) is 2. The zero-order chi connectivity index (χ0) is 24.9. The molecule has 0 spiro atoms. The second kappa shape index (κ2) is 7.50. The van der Waals surface area contributed by atoms with Crippen LogP contribution in [0.15, 0.2) is 0 Å². The normalized spacial score (nSPS) is 52.1. The number of carbonyl (C=O) groups excluding carboxylic acids is 1. The van der Waals surface area contributed by atoms with E-state index in [1.807, 2.05) is 0 Å². The smallest absolute Gasteiger partial charge is 0.303 e. The summed E-state index contributed by atoms with van der Waals surface area (Å²) in [5.74, 6) is 3.68. The van der Waals surface area contributed by atoms with Crippen LogP contribution in [-0.4, -0.2) is 11.6 Å². The molecule has 5 fully saturated rings. The monoisotopic (exact) mass is 470 g/mol. The summed E-state index contributed by atoms with van der Waals surface area (Å²) in [6.45, 7) is 22.0. The number of hydrogen-bond donors (Lipinski definition) is 0. The van der Waals surface area contributed by atoms with E-state index in [-0.39, 0.29) is 11.6 Å². The van der Waals surface area contributed by atoms with Crippen molar-refractivity contribution in [3.8, 4) is 0 Å². The van der Waals surface area contributed by atoms with Gasteiger partial charge in [-0.05, 0) is 129 Å². The predicted molar refractivity (Wildman–Crippen MR) is 140 cm³/mol. The summed E-state index contributed by atoms with van der Waals surface area (Å²) in [6, 6.07) is 0. The lowest BCUT2D eigenvalue weighted by molar-refractivity contribution is -0.243. The van der Waals surface area contributed by atoms with Gasteiger partial charge in [0.25, 0.3) is 0 Å². The van der Waals surface area contributed by atoms with Crippen molar-refractivity contribution in [1.29, 1.82) is 0 Å². The molecule has 194 valence electrons. The quantitative estimate of drug-likeness (QED) is 0.377. The number of esters is 1. The van der Waals surface area contributed by atoms with Gasteiger partial charge in [0.05, 0.1) is 0 Å². The Labute approximate surface area is 210 Å². The molecule has 0 heterocycles. The van der Waals surface area contributed by atoms with Gasteiger partial charge in [-0.15, -0.1) is 0 Å². The summed E-state index contributed by atoms with van der Waals surface area (Å²) in [5, 5.41) is 0. The van der Waals surface area contributed by atoms with E-state index in [0.717, 1.165) is 17.8 Å². The van der Waals surface area contributed by atoms with Gasteiger partial charge >= 0.3 is 5.97 Å². The van der Waals surface area contributed by atoms with Gasteiger partial charge in [0.2, 0.25) is 0 Å². The molecule has 5 rings (SSSR count). The molecule has 0 aromatic rings. The number of fused-ring (bicyclic) bond motifs is 7. The Kier molecular flexibility index (Phi) is 5.55. The van der Waals surface area contributed by atoms with Crippen molar-refractivity contribution in [3.05, 3.63) is 0 Å². The molecule has 5 aliphatic rings. The average molecular weight is 471 g/mol. The van der Waals surface area contributed by atoms with Crippen LogP contribution in [0.2, 0.25) is 0 Å². The number of ether oxygens (including phenoxy) is 1. The van der Waals surface area contributed by atoms with Crippen molar-refractivity contribution in [2.45, 2.75) is 139 Å². The second-order valence-corrected chi connectivity index (χ2v) is 15.9. The Balaban J connectivity index is 1.48. The van der Waals surface area contributed by atoms with Gasteiger partial charge in [0.15, 0.2) is 0 Å². The first kappa shape index (κ1) is 25.1. The summed E-state index contributed by atoms with van der Waals surface area (Å²) in [5.41, 5.74) is 1.99. The van der Waals surface area contributed by atoms with Crippen molar-refractivity contribution in [2.75, 3.05) is 0 Å². The van der Waals surface area contributed by atoms with Crippen molar-refractivity contribution < 1.29 is 9.53 Å². The van der Waals surface area contributed by atoms with Crippen LogP contribution in [0, 0.1) is 56.7 Å². The topological polar surface area (TPSA) is 26.3 Å². The molecule has 0 bridgehead atoms. The minimum Gasteiger partial charge on any atom is -0.460 e. The van der Waals surface area contributed by atoms with Crippen molar-refractivity contribution in [3.63, 3.8) is 0 Å². The van der Waals surface area contributed by atoms with E-state index in [4.69, 9.17) is 4.74 Å². The van der Waals surface area contributed by atoms with E-state index >= 15 is 0 Å². The summed E-state index contributed by atoms with van der Waals surface area (Å²) in [6.07, 6.45) is 15.3. The minimum atomic E-state index is -0.345. The maximum atomic E-state index is 11.9. The van der Waals surface area contributed by atoms with Crippen molar-refractivity contribution >= 4 is 5.97 Å². The van der Waals surface area contributed by atoms with E-state index in [1.54, 1.807) is 6.92 Å². The van der Waals surface area contributed by atoms with E-state index in [1.165, 1.54) is 70.6 Å². The Morgan fingerprint density at radius 1 is 0.706 bits per heavy atom. The fourth-order valence-electron chi connectivity index (χ4n) is 12.6. The largest absolute Gasteiger partial charge is 0.460 e. The van der Waals surface area contributed by atoms with Crippen LogP contribution in [0.4, 0.5) is 0 Å². The molecule has 0 aromatic carbocycles. The first-order chi connectivity index (χ1) is 15.6. The third kappa shape index (κ3) is 3.14. The molecule has 34 heavy (non-hydrogen) atoms. The molecule has 0 saturated heterocycles. The van der Waals surface area contributed by atoms with Crippen LogP contribution in [0.3, 0.4) is 0 Å². The molecule has 0 aliphatic heterocycles. The molecule has 9 atom stereocenters. The van der Waals surface area contributed by atoms with Crippen LogP contribution in [0.1, 0.15) is 133 Å². The van der Waals surface area contributed by atoms with Crippen LogP contribution in [-0.2, 0) is 9.53 Å². The zero-order valence-electron chi connectivity index (χ0n) is 24.0. The van der Waals surface area contributed by atoms with E-state index in [9.17, 15) is 4.79 Å². The lowest BCUT2D eigenvalue weighted by atomic mass is 9.32. The molecule has 2 heteroatoms. The van der Waals surface area contributed by atoms with Gasteiger partial charge in [0.1, 0.15) is 5.60 Å². The van der Waals surface area contributed by atoms with Gasteiger partial charge in [-0.1, -0.05) is 48.0 Å². The Bertz CT molecular complexity index is 842. The maximum absolute atomic E-state index is 11.9. The highest BCUT2D eigenvalue weighted by atomic mass is 16.6. The van der Waals surface area contributed by atoms with Gasteiger partial charge in [0, 0.05) is 12.8 Å². The highest BCUT2D eigenvalue weighted by Gasteiger charge is 2.70. The average Bonchev–Trinajstić information content (AvgIpc) is 3.05. The highest BCUT2D eigenvalue weighted by Crippen LogP contribution is 2.78. The first-order valence-corrected chi connectivity index (χ1v) is 14.8. The lowest BCUT2D eigenvalue weighted by Crippen LogP contribution is -2.66. The molecule has 2 nitrogen and oxygen atoms in total. The first-order valence-electron chi connectivity index (χ1n) is 14.8. The Morgan fingerprint density at radius 3 is 1.91 bits per heavy atom. The third-order valence-corrected chi connectivity index (χ3v) is 14.0. The van der Waals surface area contributed by atoms with Crippen molar-refractivity contribution in [1.82, 2.24) is 0 Å². The SMILES string of the molecule is CC(=O)OC(C)(C)[C@H]1CC[C@]2(C)[C@H]3CC[C@@H]4[C@@]5(C)CCCC(C)(C)[C@H]5CC[C@@]4(C)[C@]3(C)CC[C@@H]12. The van der Waals surface area contributed by atoms with Crippen LogP contribution < -0.4 is 0 Å². The predicted octanol–water partition coefficient (Wildman–Crippen LogP) is 8.82. The molecule has 5 aliphatic carbocycles. The number of rotatable bonds is 2. The van der Waals surface area contributed by atoms with Gasteiger partial charge in [-0.25, -0.2) is 0 Å². The van der Waals surface area contributed by atoms with Gasteiger partial charge in [-0.3, -0.25) is 4.79 Å².